The Balaban J connectivity index is 1.55. The third-order valence-electron chi connectivity index (χ3n) is 6.13. The minimum absolute atomic E-state index is 0.0914. The molecule has 0 unspecified atom stereocenters. The first-order valence-electron chi connectivity index (χ1n) is 12.8. The summed E-state index contributed by atoms with van der Waals surface area (Å²) in [7, 11) is 0. The van der Waals surface area contributed by atoms with Gasteiger partial charge in [0, 0.05) is 25.2 Å². The van der Waals surface area contributed by atoms with E-state index >= 15 is 0 Å². The van der Waals surface area contributed by atoms with Gasteiger partial charge in [-0.3, -0.25) is 9.59 Å². The second-order valence-electron chi connectivity index (χ2n) is 10.7. The van der Waals surface area contributed by atoms with E-state index in [9.17, 15) is 19.5 Å². The van der Waals surface area contributed by atoms with Crippen LogP contribution in [-0.4, -0.2) is 59.2 Å². The molecule has 2 aromatic carbocycles. The van der Waals surface area contributed by atoms with Crippen LogP contribution in [0.25, 0.3) is 0 Å². The van der Waals surface area contributed by atoms with Gasteiger partial charge in [0.25, 0.3) is 5.91 Å². The number of Topliss-reactive ketones (excluding diaryl/α,β-unsaturated/α-hetero) is 1. The molecule has 2 amide bonds. The first kappa shape index (κ1) is 28.2. The summed E-state index contributed by atoms with van der Waals surface area (Å²) in [6.45, 7) is 10.6. The molecule has 0 aliphatic carbocycles. The molecule has 200 valence electrons. The Morgan fingerprint density at radius 1 is 1.08 bits per heavy atom. The van der Waals surface area contributed by atoms with Crippen molar-refractivity contribution >= 4 is 17.8 Å². The van der Waals surface area contributed by atoms with Gasteiger partial charge in [-0.15, -0.1) is 0 Å². The topological polar surface area (TPSA) is 105 Å². The van der Waals surface area contributed by atoms with Crippen molar-refractivity contribution in [1.29, 1.82) is 0 Å². The molecule has 1 aliphatic rings. The maximum Gasteiger partial charge on any atom is 0.407 e. The van der Waals surface area contributed by atoms with Gasteiger partial charge < -0.3 is 24.8 Å². The minimum atomic E-state index is -0.544. The van der Waals surface area contributed by atoms with Gasteiger partial charge in [0.15, 0.2) is 5.78 Å². The number of ether oxygens (including phenoxy) is 2. The molecule has 3 rings (SSSR count). The number of rotatable bonds is 8. The number of piperidine rings is 1. The van der Waals surface area contributed by atoms with Crippen LogP contribution in [0.3, 0.4) is 0 Å². The van der Waals surface area contributed by atoms with Crippen molar-refractivity contribution in [3.05, 3.63) is 64.7 Å². The summed E-state index contributed by atoms with van der Waals surface area (Å²) < 4.78 is 10.6. The molecule has 0 atom stereocenters. The number of phenolic OH excluding ortho intramolecular Hbond substituents is 1. The number of likely N-dealkylation sites (tertiary alicyclic amines) is 1. The van der Waals surface area contributed by atoms with Gasteiger partial charge in [-0.2, -0.15) is 0 Å². The first-order chi connectivity index (χ1) is 17.4. The SMILES string of the molecule is CC(C)OCC(=O)c1ccc(C(=O)N2CCC(c3cccc(CNC(=O)OC(C)(C)C)c3)CC2)cc1O. The van der Waals surface area contributed by atoms with Crippen LogP contribution >= 0.6 is 0 Å². The fourth-order valence-corrected chi connectivity index (χ4v) is 4.26. The summed E-state index contributed by atoms with van der Waals surface area (Å²) in [6.07, 6.45) is 1.08. The fraction of sp³-hybridized carbons (Fsp3) is 0.483. The zero-order valence-corrected chi connectivity index (χ0v) is 22.4. The molecule has 8 nitrogen and oxygen atoms in total. The van der Waals surface area contributed by atoms with E-state index in [1.807, 2.05) is 46.8 Å². The first-order valence-corrected chi connectivity index (χ1v) is 12.8. The summed E-state index contributed by atoms with van der Waals surface area (Å²) in [4.78, 5) is 39.0. The van der Waals surface area contributed by atoms with Crippen molar-refractivity contribution < 1.29 is 29.0 Å². The fourth-order valence-electron chi connectivity index (χ4n) is 4.26. The summed E-state index contributed by atoms with van der Waals surface area (Å²) in [5.41, 5.74) is 2.13. The zero-order chi connectivity index (χ0) is 27.2. The average molecular weight is 511 g/mol. The molecule has 2 aromatic rings. The summed E-state index contributed by atoms with van der Waals surface area (Å²) in [5, 5.41) is 13.1. The Labute approximate surface area is 219 Å². The normalized spacial score (nSPS) is 14.5. The molecule has 1 saturated heterocycles. The Bertz CT molecular complexity index is 1110. The smallest absolute Gasteiger partial charge is 0.407 e. The van der Waals surface area contributed by atoms with Crippen LogP contribution in [0.15, 0.2) is 42.5 Å². The molecule has 0 saturated carbocycles. The Kier molecular flexibility index (Phi) is 9.32. The predicted molar refractivity (Wildman–Crippen MR) is 141 cm³/mol. The number of nitrogens with one attached hydrogen (secondary N) is 1. The van der Waals surface area contributed by atoms with Gasteiger partial charge in [-0.1, -0.05) is 24.3 Å². The number of hydrogen-bond acceptors (Lipinski definition) is 6. The van der Waals surface area contributed by atoms with E-state index in [-0.39, 0.29) is 35.7 Å². The number of ketones is 1. The van der Waals surface area contributed by atoms with E-state index in [2.05, 4.69) is 17.4 Å². The van der Waals surface area contributed by atoms with Gasteiger partial charge >= 0.3 is 6.09 Å². The van der Waals surface area contributed by atoms with Crippen molar-refractivity contribution in [2.24, 2.45) is 0 Å². The lowest BCUT2D eigenvalue weighted by Crippen LogP contribution is -2.38. The molecular weight excluding hydrogens is 472 g/mol. The highest BCUT2D eigenvalue weighted by atomic mass is 16.6. The number of phenols is 1. The van der Waals surface area contributed by atoms with E-state index in [4.69, 9.17) is 9.47 Å². The summed E-state index contributed by atoms with van der Waals surface area (Å²) in [6, 6.07) is 12.5. The van der Waals surface area contributed by atoms with E-state index in [0.29, 0.717) is 31.1 Å². The molecule has 1 aliphatic heterocycles. The average Bonchev–Trinajstić information content (AvgIpc) is 2.85. The third-order valence-corrected chi connectivity index (χ3v) is 6.13. The van der Waals surface area contributed by atoms with Crippen LogP contribution in [0, 0.1) is 0 Å². The van der Waals surface area contributed by atoms with Crippen LogP contribution in [0.4, 0.5) is 4.79 Å². The summed E-state index contributed by atoms with van der Waals surface area (Å²) in [5.74, 6) is -0.397. The van der Waals surface area contributed by atoms with Gasteiger partial charge in [0.05, 0.1) is 11.7 Å². The number of hydrogen-bond donors (Lipinski definition) is 2. The molecule has 1 fully saturated rings. The number of alkyl carbamates (subject to hydrolysis) is 1. The van der Waals surface area contributed by atoms with E-state index in [1.54, 1.807) is 11.0 Å². The lowest BCUT2D eigenvalue weighted by Gasteiger charge is -2.32. The molecule has 8 heteroatoms. The van der Waals surface area contributed by atoms with Gasteiger partial charge in [0.1, 0.15) is 18.0 Å². The van der Waals surface area contributed by atoms with Crippen LogP contribution in [0.1, 0.15) is 85.2 Å². The van der Waals surface area contributed by atoms with Crippen molar-refractivity contribution in [1.82, 2.24) is 10.2 Å². The van der Waals surface area contributed by atoms with Crippen LogP contribution in [0.5, 0.6) is 5.75 Å². The molecule has 0 spiro atoms. The van der Waals surface area contributed by atoms with E-state index in [0.717, 1.165) is 18.4 Å². The number of amides is 2. The zero-order valence-electron chi connectivity index (χ0n) is 22.4. The third kappa shape index (κ3) is 8.32. The highest BCUT2D eigenvalue weighted by Gasteiger charge is 2.26. The molecular formula is C29H38N2O6. The molecule has 0 aromatic heterocycles. The number of aromatic hydroxyl groups is 1. The number of carbonyl (C=O) groups is 3. The maximum absolute atomic E-state index is 13.0. The monoisotopic (exact) mass is 510 g/mol. The second kappa shape index (κ2) is 12.2. The Hall–Kier alpha value is -3.39. The number of benzene rings is 2. The van der Waals surface area contributed by atoms with Crippen LogP contribution in [-0.2, 0) is 16.0 Å². The standard InChI is InChI=1S/C29H38N2O6/c1-19(2)36-18-26(33)24-10-9-23(16-25(24)32)27(34)31-13-11-21(12-14-31)22-8-6-7-20(15-22)17-30-28(35)37-29(3,4)5/h6-10,15-16,19,21,32H,11-14,17-18H2,1-5H3,(H,30,35). The van der Waals surface area contributed by atoms with Gasteiger partial charge in [-0.25, -0.2) is 4.79 Å². The number of carbonyl (C=O) groups excluding carboxylic acids is 3. The van der Waals surface area contributed by atoms with E-state index < -0.39 is 11.7 Å². The van der Waals surface area contributed by atoms with Crippen molar-refractivity contribution in [2.75, 3.05) is 19.7 Å². The van der Waals surface area contributed by atoms with E-state index in [1.165, 1.54) is 17.7 Å². The second-order valence-corrected chi connectivity index (χ2v) is 10.7. The lowest BCUT2D eigenvalue weighted by atomic mass is 9.88. The highest BCUT2D eigenvalue weighted by molar-refractivity contribution is 6.01. The molecule has 0 radical (unpaired) electrons. The van der Waals surface area contributed by atoms with Crippen molar-refractivity contribution in [3.8, 4) is 5.75 Å². The lowest BCUT2D eigenvalue weighted by molar-refractivity contribution is 0.0523. The van der Waals surface area contributed by atoms with Gasteiger partial charge in [-0.05, 0) is 82.7 Å². The quantitative estimate of drug-likeness (QED) is 0.482. The predicted octanol–water partition coefficient (Wildman–Crippen LogP) is 5.04. The largest absolute Gasteiger partial charge is 0.507 e. The summed E-state index contributed by atoms with van der Waals surface area (Å²) >= 11 is 0. The maximum atomic E-state index is 13.0. The minimum Gasteiger partial charge on any atom is -0.507 e. The van der Waals surface area contributed by atoms with Crippen LogP contribution in [0.2, 0.25) is 0 Å². The van der Waals surface area contributed by atoms with Crippen LogP contribution < -0.4 is 5.32 Å². The van der Waals surface area contributed by atoms with Gasteiger partial charge in [0.2, 0.25) is 0 Å². The molecule has 2 N–H and O–H groups in total. The van der Waals surface area contributed by atoms with Crippen molar-refractivity contribution in [3.63, 3.8) is 0 Å². The molecule has 0 bridgehead atoms. The molecule has 37 heavy (non-hydrogen) atoms. The molecule has 1 heterocycles. The Morgan fingerprint density at radius 3 is 2.41 bits per heavy atom. The number of nitrogens with zero attached hydrogens (tertiary/aromatic N) is 1. The Morgan fingerprint density at radius 2 is 1.78 bits per heavy atom. The van der Waals surface area contributed by atoms with Crippen molar-refractivity contribution in [2.45, 2.75) is 71.6 Å². The highest BCUT2D eigenvalue weighted by Crippen LogP contribution is 2.30.